The zero-order valence-electron chi connectivity index (χ0n) is 12.1. The van der Waals surface area contributed by atoms with Crippen molar-refractivity contribution in [2.24, 2.45) is 0 Å². The smallest absolute Gasteiger partial charge is 0.407 e. The minimum absolute atomic E-state index is 0.00437. The van der Waals surface area contributed by atoms with Crippen LogP contribution in [0.25, 0.3) is 0 Å². The average molecular weight is 330 g/mol. The summed E-state index contributed by atoms with van der Waals surface area (Å²) in [6, 6.07) is 2.17. The number of piperazine rings is 1. The van der Waals surface area contributed by atoms with Crippen LogP contribution in [0, 0.1) is 11.6 Å². The maximum Gasteiger partial charge on any atom is 0.407 e. The number of ether oxygens (including phenoxy) is 1. The van der Waals surface area contributed by atoms with Crippen molar-refractivity contribution in [3.05, 3.63) is 29.8 Å². The Morgan fingerprint density at radius 3 is 2.35 bits per heavy atom. The molecule has 1 fully saturated rings. The highest BCUT2D eigenvalue weighted by Gasteiger charge is 2.32. The third-order valence-corrected chi connectivity index (χ3v) is 3.55. The maximum atomic E-state index is 13.0. The number of carbonyl (C=O) groups is 2. The van der Waals surface area contributed by atoms with E-state index in [4.69, 9.17) is 14.9 Å². The fourth-order valence-electron chi connectivity index (χ4n) is 2.45. The summed E-state index contributed by atoms with van der Waals surface area (Å²) in [6.45, 7) is 0.211. The van der Waals surface area contributed by atoms with E-state index >= 15 is 0 Å². The summed E-state index contributed by atoms with van der Waals surface area (Å²) in [7, 11) is 0. The Hall–Kier alpha value is -2.58. The van der Waals surface area contributed by atoms with Crippen molar-refractivity contribution in [2.75, 3.05) is 26.2 Å². The summed E-state index contributed by atoms with van der Waals surface area (Å²) >= 11 is 0. The van der Waals surface area contributed by atoms with Gasteiger partial charge < -0.3 is 24.7 Å². The molecule has 9 heteroatoms. The molecule has 1 atom stereocenters. The van der Waals surface area contributed by atoms with Gasteiger partial charge in [-0.05, 0) is 0 Å². The molecule has 23 heavy (non-hydrogen) atoms. The van der Waals surface area contributed by atoms with Crippen LogP contribution in [0.5, 0.6) is 5.75 Å². The van der Waals surface area contributed by atoms with E-state index < -0.39 is 29.9 Å². The zero-order valence-corrected chi connectivity index (χ0v) is 12.1. The van der Waals surface area contributed by atoms with Crippen LogP contribution in [-0.4, -0.2) is 64.5 Å². The fourth-order valence-corrected chi connectivity index (χ4v) is 2.45. The Kier molecular flexibility index (Phi) is 5.20. The molecule has 0 spiro atoms. The SMILES string of the molecule is O=C(O)N1CCN(C(=O)O)[C@H](CCOc2cc(F)cc(F)c2)C1. The molecule has 0 unspecified atom stereocenters. The molecule has 2 rings (SSSR count). The van der Waals surface area contributed by atoms with Gasteiger partial charge in [0.15, 0.2) is 0 Å². The molecule has 2 N–H and O–H groups in total. The van der Waals surface area contributed by atoms with Crippen LogP contribution in [0.2, 0.25) is 0 Å². The summed E-state index contributed by atoms with van der Waals surface area (Å²) in [6.07, 6.45) is -2.06. The van der Waals surface area contributed by atoms with Crippen LogP contribution in [0.15, 0.2) is 18.2 Å². The minimum Gasteiger partial charge on any atom is -0.493 e. The molecule has 1 aliphatic rings. The monoisotopic (exact) mass is 330 g/mol. The molecule has 1 saturated heterocycles. The van der Waals surface area contributed by atoms with E-state index in [9.17, 15) is 18.4 Å². The van der Waals surface area contributed by atoms with Gasteiger partial charge in [0.05, 0.1) is 12.6 Å². The summed E-state index contributed by atoms with van der Waals surface area (Å²) in [5, 5.41) is 18.1. The predicted octanol–water partition coefficient (Wildman–Crippen LogP) is 2.08. The van der Waals surface area contributed by atoms with Gasteiger partial charge in [-0.2, -0.15) is 0 Å². The highest BCUT2D eigenvalue weighted by molar-refractivity contribution is 5.68. The van der Waals surface area contributed by atoms with Gasteiger partial charge in [0.2, 0.25) is 0 Å². The van der Waals surface area contributed by atoms with E-state index in [-0.39, 0.29) is 38.4 Å². The summed E-state index contributed by atoms with van der Waals surface area (Å²) in [5.41, 5.74) is 0. The molecule has 1 aromatic rings. The summed E-state index contributed by atoms with van der Waals surface area (Å²) in [5.74, 6) is -1.56. The molecular weight excluding hydrogens is 314 g/mol. The van der Waals surface area contributed by atoms with Crippen molar-refractivity contribution in [2.45, 2.75) is 12.5 Å². The molecule has 1 aliphatic heterocycles. The quantitative estimate of drug-likeness (QED) is 0.882. The normalized spacial score (nSPS) is 17.9. The molecule has 0 saturated carbocycles. The van der Waals surface area contributed by atoms with E-state index in [2.05, 4.69) is 0 Å². The molecule has 126 valence electrons. The first kappa shape index (κ1) is 16.8. The van der Waals surface area contributed by atoms with Gasteiger partial charge in [0.1, 0.15) is 17.4 Å². The number of benzene rings is 1. The van der Waals surface area contributed by atoms with Crippen LogP contribution < -0.4 is 4.74 Å². The number of hydrogen-bond donors (Lipinski definition) is 2. The van der Waals surface area contributed by atoms with Crippen molar-refractivity contribution in [1.82, 2.24) is 9.80 Å². The summed E-state index contributed by atoms with van der Waals surface area (Å²) in [4.78, 5) is 24.5. The Morgan fingerprint density at radius 1 is 1.13 bits per heavy atom. The first-order chi connectivity index (χ1) is 10.9. The van der Waals surface area contributed by atoms with E-state index in [1.165, 1.54) is 0 Å². The van der Waals surface area contributed by atoms with Gasteiger partial charge in [-0.3, -0.25) is 0 Å². The third-order valence-electron chi connectivity index (χ3n) is 3.55. The van der Waals surface area contributed by atoms with E-state index in [0.29, 0.717) is 6.07 Å². The topological polar surface area (TPSA) is 90.3 Å². The van der Waals surface area contributed by atoms with Crippen LogP contribution in [0.1, 0.15) is 6.42 Å². The fraction of sp³-hybridized carbons (Fsp3) is 0.429. The second-order valence-corrected chi connectivity index (χ2v) is 5.10. The number of nitrogens with zero attached hydrogens (tertiary/aromatic N) is 2. The lowest BCUT2D eigenvalue weighted by molar-refractivity contribution is 0.0562. The lowest BCUT2D eigenvalue weighted by Crippen LogP contribution is -2.56. The molecule has 0 radical (unpaired) electrons. The Bertz CT molecular complexity index is 578. The Labute approximate surface area is 130 Å². The first-order valence-electron chi connectivity index (χ1n) is 6.93. The number of amides is 2. The van der Waals surface area contributed by atoms with Crippen molar-refractivity contribution < 1.29 is 33.3 Å². The molecule has 1 heterocycles. The molecule has 7 nitrogen and oxygen atoms in total. The van der Waals surface area contributed by atoms with E-state index in [1.807, 2.05) is 0 Å². The van der Waals surface area contributed by atoms with E-state index in [0.717, 1.165) is 21.9 Å². The summed E-state index contributed by atoms with van der Waals surface area (Å²) < 4.78 is 31.3. The molecule has 0 bridgehead atoms. The second-order valence-electron chi connectivity index (χ2n) is 5.10. The van der Waals surface area contributed by atoms with Gasteiger partial charge in [-0.25, -0.2) is 18.4 Å². The van der Waals surface area contributed by atoms with Crippen LogP contribution in [0.4, 0.5) is 18.4 Å². The number of carboxylic acid groups (broad SMARTS) is 2. The molecular formula is C14H16F2N2O5. The van der Waals surface area contributed by atoms with Crippen molar-refractivity contribution in [1.29, 1.82) is 0 Å². The van der Waals surface area contributed by atoms with Gasteiger partial charge in [0, 0.05) is 44.3 Å². The Balaban J connectivity index is 1.95. The maximum absolute atomic E-state index is 13.0. The largest absolute Gasteiger partial charge is 0.493 e. The van der Waals surface area contributed by atoms with Gasteiger partial charge in [-0.15, -0.1) is 0 Å². The Morgan fingerprint density at radius 2 is 1.78 bits per heavy atom. The van der Waals surface area contributed by atoms with E-state index in [1.54, 1.807) is 0 Å². The van der Waals surface area contributed by atoms with Gasteiger partial charge in [0.25, 0.3) is 0 Å². The number of halogens is 2. The van der Waals surface area contributed by atoms with Crippen molar-refractivity contribution in [3.8, 4) is 5.75 Å². The standard InChI is InChI=1S/C14H16F2N2O5/c15-9-5-10(16)7-12(6-9)23-4-1-11-8-17(13(19)20)2-3-18(11)14(21)22/h5-7,11H,1-4,8H2,(H,19,20)(H,21,22)/t11-/m1/s1. The minimum atomic E-state index is -1.14. The van der Waals surface area contributed by atoms with Gasteiger partial charge >= 0.3 is 12.2 Å². The molecule has 0 aromatic heterocycles. The number of hydrogen-bond acceptors (Lipinski definition) is 3. The van der Waals surface area contributed by atoms with Crippen LogP contribution in [0.3, 0.4) is 0 Å². The van der Waals surface area contributed by atoms with Gasteiger partial charge in [-0.1, -0.05) is 0 Å². The van der Waals surface area contributed by atoms with Crippen LogP contribution >= 0.6 is 0 Å². The molecule has 0 aliphatic carbocycles. The van der Waals surface area contributed by atoms with Crippen molar-refractivity contribution in [3.63, 3.8) is 0 Å². The third kappa shape index (κ3) is 4.44. The highest BCUT2D eigenvalue weighted by Crippen LogP contribution is 2.18. The lowest BCUT2D eigenvalue weighted by atomic mass is 10.1. The number of rotatable bonds is 4. The highest BCUT2D eigenvalue weighted by atomic mass is 19.1. The van der Waals surface area contributed by atoms with Crippen LogP contribution in [-0.2, 0) is 0 Å². The molecule has 1 aromatic carbocycles. The lowest BCUT2D eigenvalue weighted by Gasteiger charge is -2.38. The first-order valence-corrected chi connectivity index (χ1v) is 6.93. The second kappa shape index (κ2) is 7.12. The average Bonchev–Trinajstić information content (AvgIpc) is 2.45. The predicted molar refractivity (Wildman–Crippen MR) is 74.6 cm³/mol. The molecule has 2 amide bonds. The zero-order chi connectivity index (χ0) is 17.0. The van der Waals surface area contributed by atoms with Crippen molar-refractivity contribution >= 4 is 12.2 Å².